The van der Waals surface area contributed by atoms with Crippen molar-refractivity contribution in [2.75, 3.05) is 4.90 Å². The van der Waals surface area contributed by atoms with E-state index in [2.05, 4.69) is 4.98 Å². The summed E-state index contributed by atoms with van der Waals surface area (Å²) < 4.78 is 0. The van der Waals surface area contributed by atoms with Gasteiger partial charge in [-0.25, -0.2) is 4.90 Å². The first kappa shape index (κ1) is 8.62. The van der Waals surface area contributed by atoms with Crippen LogP contribution in [-0.4, -0.2) is 16.8 Å². The maximum Gasteiger partial charge on any atom is 0.258 e. The highest BCUT2D eigenvalue weighted by Gasteiger charge is 2.24. The summed E-state index contributed by atoms with van der Waals surface area (Å²) in [5, 5.41) is 0. The molecule has 2 amide bonds. The molecule has 1 aliphatic rings. The van der Waals surface area contributed by atoms with Crippen molar-refractivity contribution < 1.29 is 9.59 Å². The molecule has 0 saturated carbocycles. The van der Waals surface area contributed by atoms with Gasteiger partial charge in [-0.3, -0.25) is 14.6 Å². The summed E-state index contributed by atoms with van der Waals surface area (Å²) in [6.45, 7) is 1.84. The van der Waals surface area contributed by atoms with Crippen LogP contribution in [0.15, 0.2) is 30.5 Å². The largest absolute Gasteiger partial charge is 0.269 e. The molecule has 0 fully saturated rings. The summed E-state index contributed by atoms with van der Waals surface area (Å²) in [7, 11) is 0. The second-order valence-electron chi connectivity index (χ2n) is 3.00. The summed E-state index contributed by atoms with van der Waals surface area (Å²) in [6, 6.07) is 3.46. The molecule has 14 heavy (non-hydrogen) atoms. The van der Waals surface area contributed by atoms with Gasteiger partial charge < -0.3 is 0 Å². The molecular weight excluding hydrogens is 180 g/mol. The molecule has 0 atom stereocenters. The molecule has 0 unspecified atom stereocenters. The lowest BCUT2D eigenvalue weighted by molar-refractivity contribution is -0.119. The molecule has 1 aromatic heterocycles. The molecule has 0 aliphatic carbocycles. The highest BCUT2D eigenvalue weighted by atomic mass is 16.2. The van der Waals surface area contributed by atoms with Crippen LogP contribution in [0.2, 0.25) is 0 Å². The van der Waals surface area contributed by atoms with Gasteiger partial charge in [-0.05, 0) is 19.1 Å². The second-order valence-corrected chi connectivity index (χ2v) is 3.00. The first-order chi connectivity index (χ1) is 6.68. The highest BCUT2D eigenvalue weighted by molar-refractivity contribution is 6.28. The topological polar surface area (TPSA) is 50.3 Å². The van der Waals surface area contributed by atoms with Crippen molar-refractivity contribution in [3.8, 4) is 0 Å². The number of aryl methyl sites for hydroxylation is 1. The number of carbonyl (C=O) groups excluding carboxylic acids is 2. The number of pyridine rings is 1. The van der Waals surface area contributed by atoms with Gasteiger partial charge in [0.15, 0.2) is 0 Å². The third-order valence-corrected chi connectivity index (χ3v) is 1.96. The van der Waals surface area contributed by atoms with E-state index >= 15 is 0 Å². The minimum Gasteiger partial charge on any atom is -0.269 e. The normalized spacial score (nSPS) is 15.4. The van der Waals surface area contributed by atoms with Crippen LogP contribution >= 0.6 is 0 Å². The smallest absolute Gasteiger partial charge is 0.258 e. The van der Waals surface area contributed by atoms with E-state index in [1.807, 2.05) is 6.92 Å². The summed E-state index contributed by atoms with van der Waals surface area (Å²) in [4.78, 5) is 27.6. The molecule has 0 bridgehead atoms. The Kier molecular flexibility index (Phi) is 1.89. The fraction of sp³-hybridized carbons (Fsp3) is 0.100. The zero-order valence-corrected chi connectivity index (χ0v) is 7.60. The Hall–Kier alpha value is -1.97. The summed E-state index contributed by atoms with van der Waals surface area (Å²) in [5.41, 5.74) is 1.36. The predicted molar refractivity (Wildman–Crippen MR) is 50.6 cm³/mol. The lowest BCUT2D eigenvalue weighted by atomic mass is 10.3. The Morgan fingerprint density at radius 1 is 1.14 bits per heavy atom. The number of nitrogens with zero attached hydrogens (tertiary/aromatic N) is 2. The van der Waals surface area contributed by atoms with Crippen LogP contribution < -0.4 is 4.90 Å². The molecule has 1 aliphatic heterocycles. The quantitative estimate of drug-likeness (QED) is 0.613. The number of carbonyl (C=O) groups is 2. The van der Waals surface area contributed by atoms with E-state index in [-0.39, 0.29) is 11.8 Å². The maximum atomic E-state index is 11.3. The lowest BCUT2D eigenvalue weighted by Crippen LogP contribution is -2.29. The number of anilines is 1. The van der Waals surface area contributed by atoms with Crippen molar-refractivity contribution in [3.05, 3.63) is 36.2 Å². The molecule has 4 heteroatoms. The third-order valence-electron chi connectivity index (χ3n) is 1.96. The molecule has 4 nitrogen and oxygen atoms in total. The van der Waals surface area contributed by atoms with Crippen LogP contribution in [0.5, 0.6) is 0 Å². The van der Waals surface area contributed by atoms with E-state index in [1.165, 1.54) is 18.3 Å². The number of aromatic nitrogens is 1. The van der Waals surface area contributed by atoms with Crippen molar-refractivity contribution in [3.63, 3.8) is 0 Å². The fourth-order valence-corrected chi connectivity index (χ4v) is 1.25. The highest BCUT2D eigenvalue weighted by Crippen LogP contribution is 2.17. The van der Waals surface area contributed by atoms with E-state index in [0.717, 1.165) is 10.6 Å². The summed E-state index contributed by atoms with van der Waals surface area (Å²) >= 11 is 0. The minimum absolute atomic E-state index is 0.319. The molecule has 70 valence electrons. The Morgan fingerprint density at radius 3 is 2.29 bits per heavy atom. The van der Waals surface area contributed by atoms with Crippen LogP contribution in [0.1, 0.15) is 5.69 Å². The van der Waals surface area contributed by atoms with Gasteiger partial charge in [0.05, 0.1) is 11.9 Å². The Labute approximate surface area is 80.9 Å². The fourth-order valence-electron chi connectivity index (χ4n) is 1.25. The average Bonchev–Trinajstić information content (AvgIpc) is 2.49. The Morgan fingerprint density at radius 2 is 1.79 bits per heavy atom. The molecule has 2 rings (SSSR count). The monoisotopic (exact) mass is 188 g/mol. The van der Waals surface area contributed by atoms with Crippen molar-refractivity contribution >= 4 is 17.5 Å². The van der Waals surface area contributed by atoms with Crippen molar-refractivity contribution in [2.45, 2.75) is 6.92 Å². The molecular formula is C10H8N2O2. The first-order valence-electron chi connectivity index (χ1n) is 4.17. The van der Waals surface area contributed by atoms with Crippen molar-refractivity contribution in [1.82, 2.24) is 4.98 Å². The molecule has 0 N–H and O–H groups in total. The van der Waals surface area contributed by atoms with Gasteiger partial charge in [-0.15, -0.1) is 0 Å². The average molecular weight is 188 g/mol. The van der Waals surface area contributed by atoms with E-state index in [4.69, 9.17) is 0 Å². The summed E-state index contributed by atoms with van der Waals surface area (Å²) in [6.07, 6.45) is 4.02. The number of hydrogen-bond acceptors (Lipinski definition) is 3. The minimum atomic E-state index is -0.319. The lowest BCUT2D eigenvalue weighted by Gasteiger charge is -2.12. The molecule has 0 spiro atoms. The summed E-state index contributed by atoms with van der Waals surface area (Å²) in [5.74, 6) is -0.638. The van der Waals surface area contributed by atoms with Gasteiger partial charge in [0.25, 0.3) is 11.8 Å². The van der Waals surface area contributed by atoms with Gasteiger partial charge in [0.1, 0.15) is 0 Å². The van der Waals surface area contributed by atoms with Crippen molar-refractivity contribution in [2.24, 2.45) is 0 Å². The number of rotatable bonds is 1. The van der Waals surface area contributed by atoms with Gasteiger partial charge in [0.2, 0.25) is 0 Å². The molecule has 0 aromatic carbocycles. The predicted octanol–water partition coefficient (Wildman–Crippen LogP) is 0.819. The molecule has 1 aromatic rings. The third kappa shape index (κ3) is 1.31. The SMILES string of the molecule is Cc1ccc(N2C(=O)C=CC2=O)cn1. The van der Waals surface area contributed by atoms with Crippen LogP contribution in [0.25, 0.3) is 0 Å². The molecule has 0 radical (unpaired) electrons. The van der Waals surface area contributed by atoms with Gasteiger partial charge in [-0.2, -0.15) is 0 Å². The molecule has 0 saturated heterocycles. The Bertz CT molecular complexity index is 402. The Balaban J connectivity index is 2.36. The number of imide groups is 1. The first-order valence-corrected chi connectivity index (χ1v) is 4.17. The number of amides is 2. The van der Waals surface area contributed by atoms with Crippen LogP contribution in [-0.2, 0) is 9.59 Å². The van der Waals surface area contributed by atoms with Gasteiger partial charge in [-0.1, -0.05) is 0 Å². The van der Waals surface area contributed by atoms with Crippen LogP contribution in [0.4, 0.5) is 5.69 Å². The zero-order chi connectivity index (χ0) is 10.1. The second kappa shape index (κ2) is 3.06. The van der Waals surface area contributed by atoms with Crippen LogP contribution in [0.3, 0.4) is 0 Å². The zero-order valence-electron chi connectivity index (χ0n) is 7.60. The van der Waals surface area contributed by atoms with E-state index in [9.17, 15) is 9.59 Å². The van der Waals surface area contributed by atoms with Gasteiger partial charge in [0, 0.05) is 17.8 Å². The van der Waals surface area contributed by atoms with Gasteiger partial charge >= 0.3 is 0 Å². The number of hydrogen-bond donors (Lipinski definition) is 0. The standard InChI is InChI=1S/C10H8N2O2/c1-7-2-3-8(6-11-7)12-9(13)4-5-10(12)14/h2-6H,1H3. The van der Waals surface area contributed by atoms with E-state index in [1.54, 1.807) is 12.1 Å². The van der Waals surface area contributed by atoms with E-state index < -0.39 is 0 Å². The van der Waals surface area contributed by atoms with Crippen molar-refractivity contribution in [1.29, 1.82) is 0 Å². The van der Waals surface area contributed by atoms with Crippen LogP contribution in [0, 0.1) is 6.92 Å². The maximum absolute atomic E-state index is 11.3. The molecule has 2 heterocycles. The van der Waals surface area contributed by atoms with E-state index in [0.29, 0.717) is 5.69 Å².